The first-order valence-electron chi connectivity index (χ1n) is 8.35. The topological polar surface area (TPSA) is 54.5 Å². The van der Waals surface area contributed by atoms with Crippen molar-refractivity contribution in [1.29, 1.82) is 0 Å². The van der Waals surface area contributed by atoms with E-state index in [2.05, 4.69) is 46.4 Å². The molecule has 1 N–H and O–H groups in total. The molecule has 0 aliphatic carbocycles. The fourth-order valence-corrected chi connectivity index (χ4v) is 2.75. The van der Waals surface area contributed by atoms with Crippen molar-refractivity contribution in [2.45, 2.75) is 19.8 Å². The molecule has 24 heavy (non-hydrogen) atoms. The Kier molecular flexibility index (Phi) is 5.43. The van der Waals surface area contributed by atoms with Crippen LogP contribution in [0.5, 0.6) is 0 Å². The molecule has 126 valence electrons. The summed E-state index contributed by atoms with van der Waals surface area (Å²) in [6, 6.07) is 12.1. The third kappa shape index (κ3) is 4.32. The number of carbonyl (C=O) groups is 1. The quantitative estimate of drug-likeness (QED) is 0.918. The lowest BCUT2D eigenvalue weighted by Gasteiger charge is -2.29. The van der Waals surface area contributed by atoms with Crippen LogP contribution in [0.15, 0.2) is 42.6 Å². The Bertz CT molecular complexity index is 679. The van der Waals surface area contributed by atoms with E-state index in [-0.39, 0.29) is 5.91 Å². The predicted molar refractivity (Wildman–Crippen MR) is 95.4 cm³/mol. The van der Waals surface area contributed by atoms with Crippen LogP contribution in [-0.2, 0) is 16.0 Å². The van der Waals surface area contributed by atoms with Gasteiger partial charge in [-0.2, -0.15) is 0 Å². The van der Waals surface area contributed by atoms with E-state index < -0.39 is 0 Å². The first-order valence-corrected chi connectivity index (χ1v) is 8.35. The molecule has 5 heteroatoms. The second-order valence-corrected chi connectivity index (χ2v) is 6.01. The Morgan fingerprint density at radius 3 is 2.71 bits per heavy atom. The van der Waals surface area contributed by atoms with E-state index in [1.54, 1.807) is 6.20 Å². The average molecular weight is 325 g/mol. The van der Waals surface area contributed by atoms with Gasteiger partial charge >= 0.3 is 0 Å². The van der Waals surface area contributed by atoms with Gasteiger partial charge in [0.25, 0.3) is 0 Å². The molecule has 1 amide bonds. The molecule has 0 atom stereocenters. The number of aromatic nitrogens is 1. The minimum absolute atomic E-state index is 0.0121. The molecule has 0 radical (unpaired) electrons. The Labute approximate surface area is 142 Å². The molecule has 1 aliphatic heterocycles. The van der Waals surface area contributed by atoms with Gasteiger partial charge in [-0.3, -0.25) is 4.79 Å². The zero-order valence-electron chi connectivity index (χ0n) is 14.0. The van der Waals surface area contributed by atoms with E-state index in [1.165, 1.54) is 11.1 Å². The van der Waals surface area contributed by atoms with Crippen molar-refractivity contribution in [3.63, 3.8) is 0 Å². The third-order valence-electron chi connectivity index (χ3n) is 4.13. The van der Waals surface area contributed by atoms with Crippen molar-refractivity contribution in [2.75, 3.05) is 36.5 Å². The lowest BCUT2D eigenvalue weighted by Crippen LogP contribution is -2.37. The third-order valence-corrected chi connectivity index (χ3v) is 4.13. The number of morpholine rings is 1. The average Bonchev–Trinajstić information content (AvgIpc) is 2.62. The second-order valence-electron chi connectivity index (χ2n) is 6.01. The molecule has 5 nitrogen and oxygen atoms in total. The van der Waals surface area contributed by atoms with Crippen molar-refractivity contribution < 1.29 is 9.53 Å². The lowest BCUT2D eigenvalue weighted by atomic mass is 10.1. The number of aryl methyl sites for hydroxylation is 2. The Morgan fingerprint density at radius 2 is 1.96 bits per heavy atom. The standard InChI is InChI=1S/C19H23N3O2/c1-15-4-6-16(7-5-15)8-9-18(23)21-17-3-2-10-20-19(17)22-11-13-24-14-12-22/h2-7,10H,8-9,11-14H2,1H3,(H,21,23). The van der Waals surface area contributed by atoms with Crippen molar-refractivity contribution in [3.8, 4) is 0 Å². The summed E-state index contributed by atoms with van der Waals surface area (Å²) >= 11 is 0. The molecule has 1 saturated heterocycles. The fraction of sp³-hybridized carbons (Fsp3) is 0.368. The zero-order valence-corrected chi connectivity index (χ0v) is 14.0. The van der Waals surface area contributed by atoms with Crippen LogP contribution in [0.4, 0.5) is 11.5 Å². The Hall–Kier alpha value is -2.40. The normalized spacial score (nSPS) is 14.5. The molecule has 0 unspecified atom stereocenters. The summed E-state index contributed by atoms with van der Waals surface area (Å²) in [5, 5.41) is 3.01. The largest absolute Gasteiger partial charge is 0.378 e. The van der Waals surface area contributed by atoms with E-state index in [9.17, 15) is 4.79 Å². The van der Waals surface area contributed by atoms with Gasteiger partial charge in [0.15, 0.2) is 5.82 Å². The van der Waals surface area contributed by atoms with Crippen LogP contribution in [0.25, 0.3) is 0 Å². The highest BCUT2D eigenvalue weighted by Gasteiger charge is 2.17. The van der Waals surface area contributed by atoms with Gasteiger partial charge in [0, 0.05) is 25.7 Å². The van der Waals surface area contributed by atoms with Gasteiger partial charge in [0.2, 0.25) is 5.91 Å². The monoisotopic (exact) mass is 325 g/mol. The van der Waals surface area contributed by atoms with Gasteiger partial charge in [-0.05, 0) is 31.0 Å². The van der Waals surface area contributed by atoms with Crippen LogP contribution >= 0.6 is 0 Å². The summed E-state index contributed by atoms with van der Waals surface area (Å²) in [6.45, 7) is 5.04. The molecule has 1 aromatic heterocycles. The van der Waals surface area contributed by atoms with Crippen LogP contribution in [0, 0.1) is 6.92 Å². The van der Waals surface area contributed by atoms with Gasteiger partial charge < -0.3 is 15.0 Å². The van der Waals surface area contributed by atoms with Gasteiger partial charge in [-0.25, -0.2) is 4.98 Å². The van der Waals surface area contributed by atoms with Gasteiger partial charge in [0.05, 0.1) is 18.9 Å². The summed E-state index contributed by atoms with van der Waals surface area (Å²) in [7, 11) is 0. The maximum Gasteiger partial charge on any atom is 0.224 e. The zero-order chi connectivity index (χ0) is 16.8. The highest BCUT2D eigenvalue weighted by Crippen LogP contribution is 2.23. The molecular formula is C19H23N3O2. The van der Waals surface area contributed by atoms with Gasteiger partial charge in [-0.15, -0.1) is 0 Å². The lowest BCUT2D eigenvalue weighted by molar-refractivity contribution is -0.116. The van der Waals surface area contributed by atoms with Crippen molar-refractivity contribution >= 4 is 17.4 Å². The molecule has 0 saturated carbocycles. The van der Waals surface area contributed by atoms with E-state index in [0.29, 0.717) is 19.6 Å². The number of ether oxygens (including phenoxy) is 1. The molecular weight excluding hydrogens is 302 g/mol. The van der Waals surface area contributed by atoms with Crippen LogP contribution < -0.4 is 10.2 Å². The van der Waals surface area contributed by atoms with Crippen molar-refractivity contribution in [2.24, 2.45) is 0 Å². The SMILES string of the molecule is Cc1ccc(CCC(=O)Nc2cccnc2N2CCOCC2)cc1. The summed E-state index contributed by atoms with van der Waals surface area (Å²) in [6.07, 6.45) is 2.95. The van der Waals surface area contributed by atoms with Gasteiger partial charge in [-0.1, -0.05) is 29.8 Å². The number of anilines is 2. The molecule has 2 heterocycles. The van der Waals surface area contributed by atoms with Crippen LogP contribution in [0.1, 0.15) is 17.5 Å². The highest BCUT2D eigenvalue weighted by molar-refractivity contribution is 5.93. The number of amides is 1. The molecule has 0 bridgehead atoms. The molecule has 0 spiro atoms. The van der Waals surface area contributed by atoms with E-state index >= 15 is 0 Å². The second kappa shape index (κ2) is 7.93. The van der Waals surface area contributed by atoms with Crippen LogP contribution in [0.2, 0.25) is 0 Å². The Balaban J connectivity index is 1.60. The summed E-state index contributed by atoms with van der Waals surface area (Å²) in [5.74, 6) is 0.836. The number of pyridine rings is 1. The molecule has 1 aromatic carbocycles. The number of hydrogen-bond acceptors (Lipinski definition) is 4. The minimum Gasteiger partial charge on any atom is -0.378 e. The van der Waals surface area contributed by atoms with Crippen molar-refractivity contribution in [3.05, 3.63) is 53.7 Å². The smallest absolute Gasteiger partial charge is 0.224 e. The van der Waals surface area contributed by atoms with Crippen LogP contribution in [-0.4, -0.2) is 37.2 Å². The summed E-state index contributed by atoms with van der Waals surface area (Å²) < 4.78 is 5.38. The number of nitrogens with zero attached hydrogens (tertiary/aromatic N) is 2. The minimum atomic E-state index is 0.0121. The van der Waals surface area contributed by atoms with E-state index in [1.807, 2.05) is 12.1 Å². The molecule has 1 aliphatic rings. The molecule has 2 aromatic rings. The number of nitrogens with one attached hydrogen (secondary N) is 1. The maximum absolute atomic E-state index is 12.3. The summed E-state index contributed by atoms with van der Waals surface area (Å²) in [5.41, 5.74) is 3.18. The number of benzene rings is 1. The summed E-state index contributed by atoms with van der Waals surface area (Å²) in [4.78, 5) is 18.9. The predicted octanol–water partition coefficient (Wildman–Crippen LogP) is 2.80. The van der Waals surface area contributed by atoms with E-state index in [0.717, 1.165) is 31.0 Å². The Morgan fingerprint density at radius 1 is 1.21 bits per heavy atom. The maximum atomic E-state index is 12.3. The number of rotatable bonds is 5. The van der Waals surface area contributed by atoms with Gasteiger partial charge in [0.1, 0.15) is 0 Å². The number of carbonyl (C=O) groups excluding carboxylic acids is 1. The fourth-order valence-electron chi connectivity index (χ4n) is 2.75. The number of hydrogen-bond donors (Lipinski definition) is 1. The van der Waals surface area contributed by atoms with Crippen LogP contribution in [0.3, 0.4) is 0 Å². The van der Waals surface area contributed by atoms with E-state index in [4.69, 9.17) is 4.74 Å². The van der Waals surface area contributed by atoms with Crippen molar-refractivity contribution in [1.82, 2.24) is 4.98 Å². The molecule has 3 rings (SSSR count). The first kappa shape index (κ1) is 16.5. The first-order chi connectivity index (χ1) is 11.7. The highest BCUT2D eigenvalue weighted by atomic mass is 16.5. The molecule has 1 fully saturated rings.